The number of phosphoric acid groups is 1. The third kappa shape index (κ3) is 9.71. The minimum absolute atomic E-state index is 0.0468. The Hall–Kier alpha value is -5.48. The number of aromatic nitrogens is 8. The van der Waals surface area contributed by atoms with Crippen molar-refractivity contribution in [2.24, 2.45) is 17.8 Å². The minimum Gasteiger partial charge on any atom is -0.566 e. The van der Waals surface area contributed by atoms with E-state index in [0.29, 0.717) is 5.56 Å². The van der Waals surface area contributed by atoms with E-state index < -0.39 is 115 Å². The van der Waals surface area contributed by atoms with Crippen LogP contribution in [0.5, 0.6) is 0 Å². The van der Waals surface area contributed by atoms with Crippen molar-refractivity contribution in [2.75, 3.05) is 37.1 Å². The summed E-state index contributed by atoms with van der Waals surface area (Å²) in [6.07, 6.45) is -4.26. The van der Waals surface area contributed by atoms with Crippen molar-refractivity contribution in [3.8, 4) is 6.07 Å². The van der Waals surface area contributed by atoms with Crippen molar-refractivity contribution in [2.45, 2.75) is 64.1 Å². The molecule has 10 atom stereocenters. The number of rotatable bonds is 18. The molecule has 6 heterocycles. The molecule has 0 saturated carbocycles. The molecule has 2 aliphatic heterocycles. The molecule has 334 valence electrons. The highest BCUT2D eigenvalue weighted by atomic mass is 31.2. The third-order valence-corrected chi connectivity index (χ3v) is 12.1. The van der Waals surface area contributed by atoms with E-state index in [2.05, 4.69) is 40.5 Å². The van der Waals surface area contributed by atoms with E-state index in [0.717, 1.165) is 6.33 Å². The highest BCUT2D eigenvalue weighted by molar-refractivity contribution is 7.48. The summed E-state index contributed by atoms with van der Waals surface area (Å²) >= 11 is 0. The largest absolute Gasteiger partial charge is 0.566 e. The molecule has 2 amide bonds. The van der Waals surface area contributed by atoms with Gasteiger partial charge in [-0.25, -0.2) is 24.5 Å². The van der Waals surface area contributed by atoms with E-state index in [1.807, 2.05) is 6.07 Å². The monoisotopic (exact) mass is 913 g/mol. The number of carbonyl (C=O) groups excluding carboxylic acids is 2. The first kappa shape index (κ1) is 45.5. The molecule has 0 radical (unpaired) electrons. The summed E-state index contributed by atoms with van der Waals surface area (Å²) in [6.45, 7) is 2.45. The topological polar surface area (TPSA) is 342 Å². The lowest BCUT2D eigenvalue weighted by atomic mass is 10.0. The Morgan fingerprint density at radius 3 is 2.40 bits per heavy atom. The quantitative estimate of drug-likeness (QED) is 0.0616. The fourth-order valence-corrected chi connectivity index (χ4v) is 8.95. The summed E-state index contributed by atoms with van der Waals surface area (Å²) in [5.41, 5.74) is -0.324. The van der Waals surface area contributed by atoms with Gasteiger partial charge in [-0.05, 0) is 16.7 Å². The molecule has 0 spiro atoms. The number of benzene rings is 1. The SMILES string of the molecule is CC(C)C(=O)Nc1nc2c(ncn2C2OC(CO)C(C)C2OP(=O)(OCCC#N)OCC2OC(n3cnc4c(NC(=O)c5ccccc5)ncnc43)C(CO)C2O[P+](=O)[O-])c(=O)[nH]1. The number of ether oxygens (including phenoxy) is 2. The van der Waals surface area contributed by atoms with Crippen LogP contribution >= 0.6 is 16.1 Å². The number of imidazole rings is 2. The summed E-state index contributed by atoms with van der Waals surface area (Å²) in [6, 6.07) is 10.2. The molecule has 5 N–H and O–H groups in total. The van der Waals surface area contributed by atoms with Gasteiger partial charge in [0.05, 0.1) is 63.6 Å². The number of aromatic amines is 1. The van der Waals surface area contributed by atoms with Crippen LogP contribution in [0.1, 0.15) is 50.0 Å². The lowest BCUT2D eigenvalue weighted by Crippen LogP contribution is -2.34. The van der Waals surface area contributed by atoms with E-state index in [-0.39, 0.29) is 40.5 Å². The predicted octanol–water partition coefficient (Wildman–Crippen LogP) is 1.68. The number of aliphatic hydroxyl groups excluding tert-OH is 2. The normalized spacial score (nSPS) is 24.7. The predicted molar refractivity (Wildman–Crippen MR) is 213 cm³/mol. The molecule has 25 nitrogen and oxygen atoms in total. The summed E-state index contributed by atoms with van der Waals surface area (Å²) in [4.78, 5) is 74.1. The van der Waals surface area contributed by atoms with E-state index in [1.165, 1.54) is 21.8 Å². The molecule has 27 heteroatoms. The third-order valence-electron chi connectivity index (χ3n) is 10.3. The van der Waals surface area contributed by atoms with Gasteiger partial charge in [0.15, 0.2) is 40.5 Å². The van der Waals surface area contributed by atoms with Crippen LogP contribution in [-0.4, -0.2) is 112 Å². The maximum atomic E-state index is 14.6. The molecule has 2 fully saturated rings. The summed E-state index contributed by atoms with van der Waals surface area (Å²) in [5, 5.41) is 35.3. The Bertz CT molecular complexity index is 2620. The molecule has 2 saturated heterocycles. The summed E-state index contributed by atoms with van der Waals surface area (Å²) < 4.78 is 64.4. The standard InChI is InChI=1S/C36H41N11O14P2/c1-18(2)31(50)44-36-43-30-25(33(52)45-36)41-17-47(30)35-26(19(3)22(13-49)58-35)61-63(55,56-11-7-10-37)57-14-23-27(60-62(53)54)21(12-48)34(59-23)46-16-40-24-28(38-15-39-29(24)46)42-32(51)20-8-5-4-6-9-20/h4-6,8-9,15-19,21-23,26-27,34-35,48-49H,7,11-14H2,1-3H3,(H,38,39,42,51)(H2,43,44,45,50,52). The Morgan fingerprint density at radius 2 is 1.71 bits per heavy atom. The molecule has 5 aromatic rings. The highest BCUT2D eigenvalue weighted by Crippen LogP contribution is 2.56. The van der Waals surface area contributed by atoms with Crippen molar-refractivity contribution >= 4 is 62.0 Å². The number of hydrogen-bond acceptors (Lipinski definition) is 20. The summed E-state index contributed by atoms with van der Waals surface area (Å²) in [7, 11) is -8.41. The Labute approximate surface area is 357 Å². The number of phosphoric ester groups is 1. The number of nitriles is 1. The van der Waals surface area contributed by atoms with Gasteiger partial charge in [-0.15, -0.1) is 4.52 Å². The van der Waals surface area contributed by atoms with E-state index >= 15 is 0 Å². The molecule has 63 heavy (non-hydrogen) atoms. The van der Waals surface area contributed by atoms with Crippen molar-refractivity contribution in [3.05, 3.63) is 65.2 Å². The smallest absolute Gasteiger partial charge is 0.488 e. The van der Waals surface area contributed by atoms with Crippen LogP contribution < -0.4 is 21.1 Å². The maximum Gasteiger partial charge on any atom is 0.488 e. The van der Waals surface area contributed by atoms with Crippen LogP contribution in [0.3, 0.4) is 0 Å². The van der Waals surface area contributed by atoms with Gasteiger partial charge in [-0.3, -0.25) is 47.4 Å². The number of H-pyrrole nitrogens is 1. The zero-order valence-corrected chi connectivity index (χ0v) is 35.4. The molecule has 2 aliphatic rings. The van der Waals surface area contributed by atoms with Gasteiger partial charge in [0.25, 0.3) is 11.5 Å². The van der Waals surface area contributed by atoms with Gasteiger partial charge < -0.3 is 29.9 Å². The second-order valence-electron chi connectivity index (χ2n) is 14.6. The van der Waals surface area contributed by atoms with Crippen molar-refractivity contribution in [1.29, 1.82) is 5.26 Å². The first-order chi connectivity index (χ1) is 30.2. The van der Waals surface area contributed by atoms with Crippen LogP contribution in [0.2, 0.25) is 0 Å². The van der Waals surface area contributed by atoms with Crippen LogP contribution in [0.4, 0.5) is 11.8 Å². The van der Waals surface area contributed by atoms with Crippen LogP contribution in [0.15, 0.2) is 54.1 Å². The first-order valence-corrected chi connectivity index (χ1v) is 21.9. The van der Waals surface area contributed by atoms with Crippen LogP contribution in [-0.2, 0) is 41.5 Å². The number of nitrogens with zero attached hydrogens (tertiary/aromatic N) is 8. The highest BCUT2D eigenvalue weighted by Gasteiger charge is 2.52. The Balaban J connectivity index is 1.16. The fraction of sp³-hybridized carbons (Fsp3) is 0.472. The molecule has 10 unspecified atom stereocenters. The molecule has 0 bridgehead atoms. The minimum atomic E-state index is -4.85. The average Bonchev–Trinajstić information content (AvgIpc) is 4.04. The van der Waals surface area contributed by atoms with Gasteiger partial charge in [-0.1, -0.05) is 39.0 Å². The number of hydrogen-bond donors (Lipinski definition) is 5. The van der Waals surface area contributed by atoms with E-state index in [4.69, 9.17) is 27.6 Å². The first-order valence-electron chi connectivity index (χ1n) is 19.4. The zero-order valence-electron chi connectivity index (χ0n) is 33.6. The second-order valence-corrected chi connectivity index (χ2v) is 16.9. The van der Waals surface area contributed by atoms with Crippen LogP contribution in [0.25, 0.3) is 22.3 Å². The van der Waals surface area contributed by atoms with E-state index in [1.54, 1.807) is 51.1 Å². The molecule has 0 aliphatic carbocycles. The number of aliphatic hydroxyl groups is 2. The van der Waals surface area contributed by atoms with Gasteiger partial charge in [0.2, 0.25) is 11.9 Å². The Morgan fingerprint density at radius 1 is 1.00 bits per heavy atom. The van der Waals surface area contributed by atoms with Crippen molar-refractivity contribution < 1.29 is 61.4 Å². The lowest BCUT2D eigenvalue weighted by molar-refractivity contribution is -0.192. The number of anilines is 2. The molecule has 4 aromatic heterocycles. The molecular formula is C36H41N11O14P2. The van der Waals surface area contributed by atoms with Gasteiger partial charge in [-0.2, -0.15) is 10.2 Å². The van der Waals surface area contributed by atoms with E-state index in [9.17, 15) is 43.9 Å². The fourth-order valence-electron chi connectivity index (χ4n) is 7.02. The molecule has 7 rings (SSSR count). The summed E-state index contributed by atoms with van der Waals surface area (Å²) in [5.74, 6) is -3.42. The molecule has 1 aromatic carbocycles. The number of carbonyl (C=O) groups is 2. The molecular weight excluding hydrogens is 872 g/mol. The number of fused-ring (bicyclic) bond motifs is 2. The van der Waals surface area contributed by atoms with Crippen molar-refractivity contribution in [3.63, 3.8) is 0 Å². The van der Waals surface area contributed by atoms with Gasteiger partial charge in [0, 0.05) is 17.4 Å². The van der Waals surface area contributed by atoms with Crippen LogP contribution in [0, 0.1) is 29.1 Å². The Kier molecular flexibility index (Phi) is 14.1. The lowest BCUT2D eigenvalue weighted by Gasteiger charge is -2.27. The van der Waals surface area contributed by atoms with Gasteiger partial charge in [0.1, 0.15) is 24.8 Å². The second kappa shape index (κ2) is 19.5. The average molecular weight is 914 g/mol. The number of nitrogens with one attached hydrogen (secondary N) is 3. The zero-order chi connectivity index (χ0) is 45.0. The number of amides is 2. The van der Waals surface area contributed by atoms with Gasteiger partial charge >= 0.3 is 16.1 Å². The maximum absolute atomic E-state index is 14.6. The van der Waals surface area contributed by atoms with Crippen molar-refractivity contribution in [1.82, 2.24) is 39.0 Å².